The van der Waals surface area contributed by atoms with Gasteiger partial charge in [0.1, 0.15) is 17.3 Å². The molecule has 0 bridgehead atoms. The van der Waals surface area contributed by atoms with Gasteiger partial charge in [-0.15, -0.1) is 0 Å². The second kappa shape index (κ2) is 10.5. The van der Waals surface area contributed by atoms with Crippen molar-refractivity contribution in [3.05, 3.63) is 87.5 Å². The number of esters is 2. The van der Waals surface area contributed by atoms with E-state index < -0.39 is 64.0 Å². The molecule has 6 nitrogen and oxygen atoms in total. The van der Waals surface area contributed by atoms with E-state index in [9.17, 15) is 31.5 Å². The van der Waals surface area contributed by atoms with Crippen LogP contribution in [0.4, 0.5) is 32.0 Å². The molecule has 36 heavy (non-hydrogen) atoms. The number of benzene rings is 2. The fraction of sp³-hybridized carbons (Fsp3) is 0.130. The van der Waals surface area contributed by atoms with Crippen molar-refractivity contribution in [2.75, 3.05) is 19.1 Å². The average molecular weight is 578 g/mol. The molecule has 0 N–H and O–H groups in total. The van der Waals surface area contributed by atoms with Crippen molar-refractivity contribution in [3.8, 4) is 11.5 Å². The molecule has 0 radical (unpaired) electrons. The van der Waals surface area contributed by atoms with Crippen molar-refractivity contribution in [2.24, 2.45) is 0 Å². The Morgan fingerprint density at radius 2 is 1.50 bits per heavy atom. The molecule has 1 heterocycles. The van der Waals surface area contributed by atoms with E-state index in [4.69, 9.17) is 9.47 Å². The molecule has 3 rings (SSSR count). The third-order valence-corrected chi connectivity index (χ3v) is 5.31. The Morgan fingerprint density at radius 1 is 0.889 bits per heavy atom. The number of halogens is 7. The first kappa shape index (κ1) is 26.9. The Balaban J connectivity index is 2.15. The summed E-state index contributed by atoms with van der Waals surface area (Å²) in [6.07, 6.45) is 0.0984. The van der Waals surface area contributed by atoms with Crippen LogP contribution in [-0.4, -0.2) is 26.2 Å². The number of hydrogen-bond acceptors (Lipinski definition) is 6. The maximum atomic E-state index is 15.0. The normalized spacial score (nSPS) is 13.5. The second-order valence-electron chi connectivity index (χ2n) is 6.92. The van der Waals surface area contributed by atoms with Crippen LogP contribution in [-0.2, 0) is 25.2 Å². The lowest BCUT2D eigenvalue weighted by atomic mass is 10.1. The highest BCUT2D eigenvalue weighted by Gasteiger charge is 2.34. The van der Waals surface area contributed by atoms with Crippen molar-refractivity contribution in [1.82, 2.24) is 0 Å². The molecule has 2 aromatic carbocycles. The molecule has 1 aliphatic heterocycles. The zero-order valence-electron chi connectivity index (χ0n) is 18.3. The van der Waals surface area contributed by atoms with Crippen molar-refractivity contribution in [2.45, 2.75) is 6.18 Å². The molecule has 0 saturated heterocycles. The van der Waals surface area contributed by atoms with Gasteiger partial charge in [-0.1, -0.05) is 6.08 Å². The molecule has 0 aliphatic carbocycles. The number of ether oxygens (including phenoxy) is 3. The highest BCUT2D eigenvalue weighted by atomic mass is 79.9. The quantitative estimate of drug-likeness (QED) is 0.313. The van der Waals surface area contributed by atoms with Crippen LogP contribution in [0.3, 0.4) is 0 Å². The lowest BCUT2D eigenvalue weighted by Gasteiger charge is -2.24. The van der Waals surface area contributed by atoms with E-state index in [1.165, 1.54) is 24.4 Å². The Kier molecular flexibility index (Phi) is 7.82. The van der Waals surface area contributed by atoms with Gasteiger partial charge in [0.2, 0.25) is 0 Å². The number of allylic oxidation sites excluding steroid dienone is 2. The Labute approximate surface area is 208 Å². The summed E-state index contributed by atoms with van der Waals surface area (Å²) in [7, 11) is 2.07. The fourth-order valence-corrected chi connectivity index (χ4v) is 3.46. The molecule has 0 spiro atoms. The molecule has 0 amide bonds. The van der Waals surface area contributed by atoms with Crippen LogP contribution in [0.25, 0.3) is 0 Å². The van der Waals surface area contributed by atoms with Crippen LogP contribution >= 0.6 is 15.9 Å². The minimum Gasteiger partial charge on any atom is -0.465 e. The predicted octanol–water partition coefficient (Wildman–Crippen LogP) is 6.17. The van der Waals surface area contributed by atoms with Crippen LogP contribution < -0.4 is 9.64 Å². The molecule has 0 aromatic heterocycles. The SMILES string of the molecule is COC(=O)C1=C(C(=O)OC)N(c2cc(Oc3c(F)cc(C(F)(F)F)cc3F)c(Br)cc2F)C=CC=C1. The standard InChI is InChI=1S/C23H14BrF6NO5/c1-34-21(32)12-5-3-4-6-31(19(12)22(33)35-2)17-10-18(13(24)9-14(17)25)36-20-15(26)7-11(8-16(20)27)23(28,29)30/h3-10H,1-2H3. The molecule has 0 saturated carbocycles. The molecule has 190 valence electrons. The van der Waals surface area contributed by atoms with Gasteiger partial charge in [0, 0.05) is 12.3 Å². The lowest BCUT2D eigenvalue weighted by molar-refractivity contribution is -0.139. The van der Waals surface area contributed by atoms with Crippen LogP contribution in [0.5, 0.6) is 11.5 Å². The monoisotopic (exact) mass is 577 g/mol. The Hall–Kier alpha value is -3.74. The molecular weight excluding hydrogens is 564 g/mol. The Bertz CT molecular complexity index is 1300. The maximum absolute atomic E-state index is 15.0. The van der Waals surface area contributed by atoms with Crippen molar-refractivity contribution in [1.29, 1.82) is 0 Å². The van der Waals surface area contributed by atoms with Crippen LogP contribution in [0.15, 0.2) is 64.4 Å². The van der Waals surface area contributed by atoms with Crippen molar-refractivity contribution >= 4 is 33.6 Å². The highest BCUT2D eigenvalue weighted by Crippen LogP contribution is 2.40. The number of hydrogen-bond donors (Lipinski definition) is 0. The van der Waals surface area contributed by atoms with E-state index in [2.05, 4.69) is 20.7 Å². The summed E-state index contributed by atoms with van der Waals surface area (Å²) >= 11 is 2.96. The lowest BCUT2D eigenvalue weighted by Crippen LogP contribution is -2.27. The number of carbonyl (C=O) groups is 2. The van der Waals surface area contributed by atoms with E-state index in [0.717, 1.165) is 31.3 Å². The topological polar surface area (TPSA) is 65.1 Å². The minimum absolute atomic E-state index is 0.0424. The zero-order valence-corrected chi connectivity index (χ0v) is 19.8. The number of rotatable bonds is 5. The van der Waals surface area contributed by atoms with Crippen LogP contribution in [0.2, 0.25) is 0 Å². The van der Waals surface area contributed by atoms with Gasteiger partial charge >= 0.3 is 18.1 Å². The maximum Gasteiger partial charge on any atom is 0.416 e. The molecule has 0 atom stereocenters. The van der Waals surface area contributed by atoms with E-state index in [0.29, 0.717) is 0 Å². The summed E-state index contributed by atoms with van der Waals surface area (Å²) in [6, 6.07) is 1.81. The zero-order chi connectivity index (χ0) is 26.8. The van der Waals surface area contributed by atoms with Crippen molar-refractivity contribution < 1.29 is 50.1 Å². The number of carbonyl (C=O) groups excluding carboxylic acids is 2. The summed E-state index contributed by atoms with van der Waals surface area (Å²) in [4.78, 5) is 25.7. The number of methoxy groups -OCH3 is 2. The largest absolute Gasteiger partial charge is 0.465 e. The van der Waals surface area contributed by atoms with E-state index in [1.54, 1.807) is 0 Å². The molecule has 13 heteroatoms. The van der Waals surface area contributed by atoms with E-state index in [-0.39, 0.29) is 22.2 Å². The van der Waals surface area contributed by atoms with E-state index >= 15 is 4.39 Å². The number of anilines is 1. The first-order chi connectivity index (χ1) is 16.9. The third-order valence-electron chi connectivity index (χ3n) is 4.69. The predicted molar refractivity (Wildman–Crippen MR) is 117 cm³/mol. The molecule has 0 unspecified atom stereocenters. The summed E-state index contributed by atoms with van der Waals surface area (Å²) in [5, 5.41) is 0. The number of nitrogens with zero attached hydrogens (tertiary/aromatic N) is 1. The summed E-state index contributed by atoms with van der Waals surface area (Å²) in [5.74, 6) is -7.95. The highest BCUT2D eigenvalue weighted by molar-refractivity contribution is 9.10. The summed E-state index contributed by atoms with van der Waals surface area (Å²) in [6.45, 7) is 0. The van der Waals surface area contributed by atoms with Gasteiger partial charge in [-0.3, -0.25) is 0 Å². The van der Waals surface area contributed by atoms with Crippen LogP contribution in [0, 0.1) is 17.5 Å². The van der Waals surface area contributed by atoms with Gasteiger partial charge in [-0.25, -0.2) is 22.8 Å². The van der Waals surface area contributed by atoms with Gasteiger partial charge in [0.25, 0.3) is 0 Å². The molecule has 0 fully saturated rings. The van der Waals surface area contributed by atoms with E-state index in [1.807, 2.05) is 0 Å². The van der Waals surface area contributed by atoms with Crippen molar-refractivity contribution in [3.63, 3.8) is 0 Å². The minimum atomic E-state index is -5.01. The second-order valence-corrected chi connectivity index (χ2v) is 7.77. The first-order valence-electron chi connectivity index (χ1n) is 9.67. The van der Waals surface area contributed by atoms with Gasteiger partial charge in [0.15, 0.2) is 17.4 Å². The first-order valence-corrected chi connectivity index (χ1v) is 10.5. The van der Waals surface area contributed by atoms with Gasteiger partial charge in [-0.2, -0.15) is 13.2 Å². The third kappa shape index (κ3) is 5.40. The summed E-state index contributed by atoms with van der Waals surface area (Å²) < 4.78 is 96.6. The van der Waals surface area contributed by atoms with Gasteiger partial charge in [0.05, 0.1) is 35.5 Å². The smallest absolute Gasteiger partial charge is 0.416 e. The molecule has 1 aliphatic rings. The van der Waals surface area contributed by atoms with Gasteiger partial charge in [-0.05, 0) is 46.3 Å². The Morgan fingerprint density at radius 3 is 2.06 bits per heavy atom. The average Bonchev–Trinajstić information content (AvgIpc) is 3.03. The molecular formula is C23H14BrF6NO5. The number of alkyl halides is 3. The molecule has 2 aromatic rings. The van der Waals surface area contributed by atoms with Gasteiger partial charge < -0.3 is 19.1 Å². The summed E-state index contributed by atoms with van der Waals surface area (Å²) in [5.41, 5.74) is -2.79. The van der Waals surface area contributed by atoms with Crippen LogP contribution in [0.1, 0.15) is 5.56 Å². The fourth-order valence-electron chi connectivity index (χ4n) is 3.06.